The van der Waals surface area contributed by atoms with E-state index in [1.165, 1.54) is 6.21 Å². The average molecular weight is 257 g/mol. The van der Waals surface area contributed by atoms with Gasteiger partial charge in [0, 0.05) is 6.61 Å². The van der Waals surface area contributed by atoms with Gasteiger partial charge in [0.15, 0.2) is 17.1 Å². The summed E-state index contributed by atoms with van der Waals surface area (Å²) in [6.07, 6.45) is 6.74. The minimum Gasteiger partial charge on any atom is -0.357 e. The molecule has 0 saturated heterocycles. The molecule has 0 fully saturated rings. The van der Waals surface area contributed by atoms with Crippen molar-refractivity contribution >= 4 is 18.1 Å². The van der Waals surface area contributed by atoms with Gasteiger partial charge in [-0.3, -0.25) is 4.79 Å². The van der Waals surface area contributed by atoms with Gasteiger partial charge in [-0.25, -0.2) is 0 Å². The molecule has 4 heteroatoms. The lowest BCUT2D eigenvalue weighted by molar-refractivity contribution is -0.132. The second kappa shape index (κ2) is 4.63. The molecule has 0 radical (unpaired) electrons. The van der Waals surface area contributed by atoms with Gasteiger partial charge >= 0.3 is 0 Å². The van der Waals surface area contributed by atoms with Gasteiger partial charge in [0.05, 0.1) is 11.8 Å². The van der Waals surface area contributed by atoms with Crippen LogP contribution in [0.15, 0.2) is 29.4 Å². The third-order valence-electron chi connectivity index (χ3n) is 3.42. The summed E-state index contributed by atoms with van der Waals surface area (Å²) in [5.74, 6) is 0.491. The zero-order valence-corrected chi connectivity index (χ0v) is 10.8. The van der Waals surface area contributed by atoms with Crippen LogP contribution in [0.5, 0.6) is 5.75 Å². The van der Waals surface area contributed by atoms with E-state index < -0.39 is 5.60 Å². The molecular weight excluding hydrogens is 242 g/mol. The van der Waals surface area contributed by atoms with Crippen molar-refractivity contribution < 1.29 is 14.4 Å². The smallest absolute Gasteiger partial charge is 0.198 e. The zero-order valence-electron chi connectivity index (χ0n) is 10.8. The van der Waals surface area contributed by atoms with Crippen LogP contribution in [0.25, 0.3) is 6.08 Å². The van der Waals surface area contributed by atoms with Crippen molar-refractivity contribution in [2.24, 2.45) is 5.16 Å². The van der Waals surface area contributed by atoms with Gasteiger partial charge in [0.1, 0.15) is 0 Å². The number of nitrogens with zero attached hydrogens (tertiary/aromatic N) is 1. The van der Waals surface area contributed by atoms with Crippen LogP contribution in [0.2, 0.25) is 0 Å². The maximum Gasteiger partial charge on any atom is 0.198 e. The Bertz CT molecular complexity index is 577. The minimum absolute atomic E-state index is 0.101. The highest BCUT2D eigenvalue weighted by Crippen LogP contribution is 2.41. The first kappa shape index (κ1) is 12.1. The first-order chi connectivity index (χ1) is 9.28. The monoisotopic (exact) mass is 257 g/mol. The molecule has 4 nitrogen and oxygen atoms in total. The van der Waals surface area contributed by atoms with E-state index in [4.69, 9.17) is 9.57 Å². The molecule has 0 aromatic heterocycles. The van der Waals surface area contributed by atoms with Gasteiger partial charge in [-0.15, -0.1) is 0 Å². The van der Waals surface area contributed by atoms with Gasteiger partial charge in [-0.05, 0) is 24.1 Å². The summed E-state index contributed by atoms with van der Waals surface area (Å²) >= 11 is 0. The SMILES string of the molecule is CCCCOC12C=NOc3cccc(c31)C=CC2=O. The third kappa shape index (κ3) is 1.79. The fraction of sp³-hybridized carbons (Fsp3) is 0.333. The molecule has 1 atom stereocenters. The number of benzene rings is 1. The van der Waals surface area contributed by atoms with Crippen LogP contribution in [0.3, 0.4) is 0 Å². The van der Waals surface area contributed by atoms with Gasteiger partial charge < -0.3 is 9.57 Å². The molecule has 3 rings (SSSR count). The number of rotatable bonds is 4. The summed E-state index contributed by atoms with van der Waals surface area (Å²) in [4.78, 5) is 17.6. The van der Waals surface area contributed by atoms with Crippen molar-refractivity contribution in [1.82, 2.24) is 0 Å². The summed E-state index contributed by atoms with van der Waals surface area (Å²) in [6.45, 7) is 2.61. The molecular formula is C15H15NO3. The van der Waals surface area contributed by atoms with Gasteiger partial charge in [-0.2, -0.15) is 0 Å². The summed E-state index contributed by atoms with van der Waals surface area (Å²) < 4.78 is 5.90. The van der Waals surface area contributed by atoms with Crippen molar-refractivity contribution in [3.63, 3.8) is 0 Å². The highest BCUT2D eigenvalue weighted by Gasteiger charge is 2.46. The van der Waals surface area contributed by atoms with E-state index >= 15 is 0 Å². The fourth-order valence-electron chi connectivity index (χ4n) is 2.42. The van der Waals surface area contributed by atoms with Crippen LogP contribution in [0, 0.1) is 0 Å². The number of ketones is 1. The number of oxime groups is 1. The molecule has 1 aliphatic carbocycles. The molecule has 2 aliphatic rings. The van der Waals surface area contributed by atoms with Crippen LogP contribution >= 0.6 is 0 Å². The Morgan fingerprint density at radius 1 is 1.37 bits per heavy atom. The molecule has 98 valence electrons. The standard InChI is InChI=1S/C15H15NO3/c1-2-3-9-18-15-10-16-19-12-6-4-5-11(14(12)15)7-8-13(15)17/h4-8,10H,2-3,9H2,1H3. The molecule has 0 bridgehead atoms. The van der Waals surface area contributed by atoms with Crippen molar-refractivity contribution in [1.29, 1.82) is 0 Å². The lowest BCUT2D eigenvalue weighted by Gasteiger charge is -2.34. The molecule has 1 aromatic rings. The third-order valence-corrected chi connectivity index (χ3v) is 3.42. The predicted molar refractivity (Wildman–Crippen MR) is 72.1 cm³/mol. The van der Waals surface area contributed by atoms with Crippen LogP contribution < -0.4 is 4.84 Å². The largest absolute Gasteiger partial charge is 0.357 e. The second-order valence-corrected chi connectivity index (χ2v) is 4.68. The van der Waals surface area contributed by atoms with Gasteiger partial charge in [0.2, 0.25) is 0 Å². The van der Waals surface area contributed by atoms with E-state index in [0.29, 0.717) is 12.4 Å². The maximum absolute atomic E-state index is 12.3. The van der Waals surface area contributed by atoms with Gasteiger partial charge in [-0.1, -0.05) is 36.7 Å². The van der Waals surface area contributed by atoms with E-state index in [9.17, 15) is 4.79 Å². The summed E-state index contributed by atoms with van der Waals surface area (Å²) in [5, 5.41) is 3.84. The number of carbonyl (C=O) groups excluding carboxylic acids is 1. The number of carbonyl (C=O) groups is 1. The minimum atomic E-state index is -1.10. The fourth-order valence-corrected chi connectivity index (χ4v) is 2.42. The van der Waals surface area contributed by atoms with Crippen LogP contribution in [-0.2, 0) is 15.1 Å². The number of unbranched alkanes of at least 4 members (excludes halogenated alkanes) is 1. The highest BCUT2D eigenvalue weighted by molar-refractivity contribution is 6.15. The Labute approximate surface area is 111 Å². The van der Waals surface area contributed by atoms with Crippen LogP contribution in [0.4, 0.5) is 0 Å². The van der Waals surface area contributed by atoms with E-state index in [1.807, 2.05) is 12.1 Å². The van der Waals surface area contributed by atoms with Crippen molar-refractivity contribution in [3.8, 4) is 5.75 Å². The Balaban J connectivity index is 2.09. The lowest BCUT2D eigenvalue weighted by atomic mass is 9.81. The average Bonchev–Trinajstić information content (AvgIpc) is 2.44. The zero-order chi connectivity index (χ0) is 13.3. The number of ether oxygens (including phenoxy) is 1. The second-order valence-electron chi connectivity index (χ2n) is 4.68. The quantitative estimate of drug-likeness (QED) is 0.779. The van der Waals surface area contributed by atoms with Crippen LogP contribution in [0.1, 0.15) is 30.9 Å². The number of hydrogen-bond acceptors (Lipinski definition) is 4. The van der Waals surface area contributed by atoms with Crippen molar-refractivity contribution in [3.05, 3.63) is 35.4 Å². The predicted octanol–water partition coefficient (Wildman–Crippen LogP) is 2.67. The molecule has 1 aliphatic heterocycles. The molecule has 1 aromatic carbocycles. The van der Waals surface area contributed by atoms with E-state index in [-0.39, 0.29) is 5.78 Å². The molecule has 0 N–H and O–H groups in total. The molecule has 19 heavy (non-hydrogen) atoms. The first-order valence-electron chi connectivity index (χ1n) is 6.49. The highest BCUT2D eigenvalue weighted by atomic mass is 16.6. The normalized spacial score (nSPS) is 23.1. The Morgan fingerprint density at radius 2 is 2.26 bits per heavy atom. The van der Waals surface area contributed by atoms with Crippen LogP contribution in [-0.4, -0.2) is 18.6 Å². The lowest BCUT2D eigenvalue weighted by Crippen LogP contribution is -2.44. The van der Waals surface area contributed by atoms with E-state index in [2.05, 4.69) is 12.1 Å². The summed E-state index contributed by atoms with van der Waals surface area (Å²) in [6, 6.07) is 5.63. The Hall–Kier alpha value is -1.94. The molecule has 0 spiro atoms. The summed E-state index contributed by atoms with van der Waals surface area (Å²) in [7, 11) is 0. The molecule has 0 amide bonds. The number of hydrogen-bond donors (Lipinski definition) is 0. The Kier molecular flexibility index (Phi) is 2.95. The van der Waals surface area contributed by atoms with E-state index in [1.54, 1.807) is 18.2 Å². The van der Waals surface area contributed by atoms with Crippen molar-refractivity contribution in [2.75, 3.05) is 6.61 Å². The van der Waals surface area contributed by atoms with Gasteiger partial charge in [0.25, 0.3) is 0 Å². The maximum atomic E-state index is 12.3. The summed E-state index contributed by atoms with van der Waals surface area (Å²) in [5.41, 5.74) is 0.613. The Morgan fingerprint density at radius 3 is 3.11 bits per heavy atom. The topological polar surface area (TPSA) is 47.9 Å². The van der Waals surface area contributed by atoms with E-state index in [0.717, 1.165) is 24.0 Å². The van der Waals surface area contributed by atoms with Crippen molar-refractivity contribution in [2.45, 2.75) is 25.4 Å². The molecule has 1 heterocycles. The molecule has 1 unspecified atom stereocenters. The first-order valence-corrected chi connectivity index (χ1v) is 6.49. The molecule has 0 saturated carbocycles.